The van der Waals surface area contributed by atoms with Crippen molar-refractivity contribution in [3.63, 3.8) is 0 Å². The van der Waals surface area contributed by atoms with Gasteiger partial charge in [-0.1, -0.05) is 6.92 Å². The maximum atomic E-state index is 13.5. The molecule has 3 aromatic rings. The summed E-state index contributed by atoms with van der Waals surface area (Å²) < 4.78 is 13.5. The molecule has 0 spiro atoms. The second-order valence-electron chi connectivity index (χ2n) is 6.24. The van der Waals surface area contributed by atoms with Crippen molar-refractivity contribution in [2.75, 3.05) is 10.6 Å². The van der Waals surface area contributed by atoms with Crippen LogP contribution in [-0.4, -0.2) is 21.0 Å². The summed E-state index contributed by atoms with van der Waals surface area (Å²) >= 11 is 0. The fraction of sp³-hybridized carbons (Fsp3) is 0.250. The number of nitrogens with one attached hydrogen (secondary N) is 2. The Labute approximate surface area is 152 Å². The van der Waals surface area contributed by atoms with Crippen molar-refractivity contribution in [2.24, 2.45) is 0 Å². The number of pyridine rings is 1. The lowest BCUT2D eigenvalue weighted by atomic mass is 10.2. The fourth-order valence-corrected chi connectivity index (χ4v) is 2.44. The van der Waals surface area contributed by atoms with Crippen molar-refractivity contribution < 1.29 is 4.39 Å². The van der Waals surface area contributed by atoms with Gasteiger partial charge in [-0.05, 0) is 56.2 Å². The summed E-state index contributed by atoms with van der Waals surface area (Å²) in [6.07, 6.45) is 4.42. The van der Waals surface area contributed by atoms with Crippen LogP contribution in [0.25, 0.3) is 11.3 Å². The Hall–Kier alpha value is -3.02. The second-order valence-corrected chi connectivity index (χ2v) is 6.24. The third kappa shape index (κ3) is 4.33. The number of nitrogens with zero attached hydrogens (tertiary/aromatic N) is 3. The van der Waals surface area contributed by atoms with E-state index in [1.807, 2.05) is 18.2 Å². The molecule has 26 heavy (non-hydrogen) atoms. The Balaban J connectivity index is 1.97. The monoisotopic (exact) mass is 351 g/mol. The molecule has 2 aromatic heterocycles. The number of hydrogen-bond acceptors (Lipinski definition) is 5. The first-order valence-corrected chi connectivity index (χ1v) is 8.64. The van der Waals surface area contributed by atoms with E-state index in [0.717, 1.165) is 23.4 Å². The van der Waals surface area contributed by atoms with Gasteiger partial charge in [0, 0.05) is 35.8 Å². The van der Waals surface area contributed by atoms with Gasteiger partial charge < -0.3 is 10.6 Å². The summed E-state index contributed by atoms with van der Waals surface area (Å²) in [4.78, 5) is 13.2. The molecule has 1 aromatic carbocycles. The summed E-state index contributed by atoms with van der Waals surface area (Å²) in [6, 6.07) is 10.8. The smallest absolute Gasteiger partial charge is 0.225 e. The molecule has 0 aliphatic heterocycles. The quantitative estimate of drug-likeness (QED) is 0.658. The van der Waals surface area contributed by atoms with E-state index in [1.54, 1.807) is 31.5 Å². The standard InChI is InChI=1S/C20H22FN5/c1-4-14(3)23-20-25-18(15-7-9-22-10-8-15)12-19(26-20)24-16-5-6-17(21)13(2)11-16/h5-12,14H,4H2,1-3H3,(H2,23,24,25,26)/t14-/m0/s1. The van der Waals surface area contributed by atoms with Gasteiger partial charge in [0.2, 0.25) is 5.95 Å². The average molecular weight is 351 g/mol. The number of aromatic nitrogens is 3. The first kappa shape index (κ1) is 17.8. The van der Waals surface area contributed by atoms with E-state index >= 15 is 0 Å². The zero-order valence-corrected chi connectivity index (χ0v) is 15.1. The molecule has 2 heterocycles. The third-order valence-electron chi connectivity index (χ3n) is 4.12. The van der Waals surface area contributed by atoms with Crippen LogP contribution >= 0.6 is 0 Å². The van der Waals surface area contributed by atoms with Crippen molar-refractivity contribution in [3.8, 4) is 11.3 Å². The van der Waals surface area contributed by atoms with Crippen molar-refractivity contribution in [1.82, 2.24) is 15.0 Å². The predicted octanol–water partition coefficient (Wildman–Crippen LogP) is 4.94. The van der Waals surface area contributed by atoms with E-state index in [-0.39, 0.29) is 11.9 Å². The van der Waals surface area contributed by atoms with Gasteiger partial charge in [0.15, 0.2) is 0 Å². The lowest BCUT2D eigenvalue weighted by Crippen LogP contribution is -2.16. The highest BCUT2D eigenvalue weighted by Gasteiger charge is 2.09. The molecule has 134 valence electrons. The Morgan fingerprint density at radius 2 is 1.85 bits per heavy atom. The van der Waals surface area contributed by atoms with Gasteiger partial charge >= 0.3 is 0 Å². The average Bonchev–Trinajstić information content (AvgIpc) is 2.65. The number of anilines is 3. The van der Waals surface area contributed by atoms with Gasteiger partial charge in [0.05, 0.1) is 5.69 Å². The SMILES string of the molecule is CC[C@H](C)Nc1nc(Nc2ccc(F)c(C)c2)cc(-c2ccncc2)n1. The Kier molecular flexibility index (Phi) is 5.41. The lowest BCUT2D eigenvalue weighted by molar-refractivity contribution is 0.619. The van der Waals surface area contributed by atoms with Gasteiger partial charge in [-0.3, -0.25) is 4.98 Å². The third-order valence-corrected chi connectivity index (χ3v) is 4.12. The van der Waals surface area contributed by atoms with Crippen LogP contribution in [0.1, 0.15) is 25.8 Å². The second kappa shape index (κ2) is 7.91. The molecule has 1 atom stereocenters. The molecule has 0 saturated heterocycles. The summed E-state index contributed by atoms with van der Waals surface area (Å²) in [7, 11) is 0. The minimum absolute atomic E-state index is 0.227. The number of benzene rings is 1. The molecule has 0 aliphatic rings. The molecule has 0 fully saturated rings. The van der Waals surface area contributed by atoms with Gasteiger partial charge in [-0.15, -0.1) is 0 Å². The summed E-state index contributed by atoms with van der Waals surface area (Å²) in [5.41, 5.74) is 3.09. The van der Waals surface area contributed by atoms with E-state index in [0.29, 0.717) is 17.3 Å². The Morgan fingerprint density at radius 3 is 2.54 bits per heavy atom. The van der Waals surface area contributed by atoms with Crippen LogP contribution in [0, 0.1) is 12.7 Å². The molecule has 0 radical (unpaired) electrons. The molecular weight excluding hydrogens is 329 g/mol. The highest BCUT2D eigenvalue weighted by Crippen LogP contribution is 2.24. The van der Waals surface area contributed by atoms with E-state index in [1.165, 1.54) is 6.07 Å². The van der Waals surface area contributed by atoms with Crippen molar-refractivity contribution in [1.29, 1.82) is 0 Å². The minimum Gasteiger partial charge on any atom is -0.352 e. The molecule has 0 aliphatic carbocycles. The molecule has 0 saturated carbocycles. The summed E-state index contributed by atoms with van der Waals surface area (Å²) in [6.45, 7) is 5.92. The van der Waals surface area contributed by atoms with E-state index in [2.05, 4.69) is 39.4 Å². The first-order chi connectivity index (χ1) is 12.5. The molecule has 2 N–H and O–H groups in total. The van der Waals surface area contributed by atoms with E-state index in [4.69, 9.17) is 0 Å². The Morgan fingerprint density at radius 1 is 1.08 bits per heavy atom. The largest absolute Gasteiger partial charge is 0.352 e. The van der Waals surface area contributed by atoms with Crippen molar-refractivity contribution in [2.45, 2.75) is 33.2 Å². The van der Waals surface area contributed by atoms with Gasteiger partial charge in [-0.2, -0.15) is 4.98 Å². The topological polar surface area (TPSA) is 62.7 Å². The van der Waals surface area contributed by atoms with Crippen LogP contribution in [-0.2, 0) is 0 Å². The van der Waals surface area contributed by atoms with Crippen molar-refractivity contribution >= 4 is 17.5 Å². The first-order valence-electron chi connectivity index (χ1n) is 8.64. The minimum atomic E-state index is -0.227. The van der Waals surface area contributed by atoms with Crippen LogP contribution in [0.4, 0.5) is 21.8 Å². The van der Waals surface area contributed by atoms with Crippen LogP contribution in [0.5, 0.6) is 0 Å². The number of rotatable bonds is 6. The highest BCUT2D eigenvalue weighted by molar-refractivity contribution is 5.67. The highest BCUT2D eigenvalue weighted by atomic mass is 19.1. The maximum absolute atomic E-state index is 13.5. The van der Waals surface area contributed by atoms with Crippen LogP contribution in [0.3, 0.4) is 0 Å². The van der Waals surface area contributed by atoms with Crippen LogP contribution < -0.4 is 10.6 Å². The molecule has 3 rings (SSSR count). The van der Waals surface area contributed by atoms with Gasteiger partial charge in [-0.25, -0.2) is 9.37 Å². The van der Waals surface area contributed by atoms with E-state index in [9.17, 15) is 4.39 Å². The number of hydrogen-bond donors (Lipinski definition) is 2. The molecule has 0 unspecified atom stereocenters. The molecular formula is C20H22FN5. The van der Waals surface area contributed by atoms with Crippen LogP contribution in [0.15, 0.2) is 48.8 Å². The summed E-state index contributed by atoms with van der Waals surface area (Å²) in [5.74, 6) is 0.966. The maximum Gasteiger partial charge on any atom is 0.225 e. The fourth-order valence-electron chi connectivity index (χ4n) is 2.44. The van der Waals surface area contributed by atoms with Gasteiger partial charge in [0.25, 0.3) is 0 Å². The summed E-state index contributed by atoms with van der Waals surface area (Å²) in [5, 5.41) is 6.55. The molecule has 5 nitrogen and oxygen atoms in total. The van der Waals surface area contributed by atoms with Gasteiger partial charge in [0.1, 0.15) is 11.6 Å². The molecule has 6 heteroatoms. The number of halogens is 1. The molecule has 0 bridgehead atoms. The predicted molar refractivity (Wildman–Crippen MR) is 103 cm³/mol. The lowest BCUT2D eigenvalue weighted by Gasteiger charge is -2.15. The number of aryl methyl sites for hydroxylation is 1. The Bertz CT molecular complexity index is 883. The zero-order valence-electron chi connectivity index (χ0n) is 15.1. The van der Waals surface area contributed by atoms with Crippen molar-refractivity contribution in [3.05, 3.63) is 60.2 Å². The van der Waals surface area contributed by atoms with E-state index < -0.39 is 0 Å². The zero-order chi connectivity index (χ0) is 18.5. The normalized spacial score (nSPS) is 11.8. The van der Waals surface area contributed by atoms with Crippen LogP contribution in [0.2, 0.25) is 0 Å². The molecule has 0 amide bonds.